The summed E-state index contributed by atoms with van der Waals surface area (Å²) in [6.45, 7) is 0. The van der Waals surface area contributed by atoms with Gasteiger partial charge in [0.25, 0.3) is 5.69 Å². The highest BCUT2D eigenvalue weighted by molar-refractivity contribution is 6.32. The van der Waals surface area contributed by atoms with Crippen molar-refractivity contribution < 1.29 is 33.9 Å². The summed E-state index contributed by atoms with van der Waals surface area (Å²) in [5.41, 5.74) is 0.329. The molecule has 256 valence electrons. The number of halogens is 1. The lowest BCUT2D eigenvalue weighted by atomic mass is 9.49. The minimum atomic E-state index is -1.57. The number of amides is 4. The van der Waals surface area contributed by atoms with E-state index in [1.165, 1.54) is 31.4 Å². The largest absolute Gasteiger partial charge is 0.504 e. The van der Waals surface area contributed by atoms with Crippen LogP contribution in [0, 0.1) is 33.8 Å². The van der Waals surface area contributed by atoms with E-state index in [4.69, 9.17) is 16.3 Å². The first-order chi connectivity index (χ1) is 24.6. The molecule has 51 heavy (non-hydrogen) atoms. The molecule has 12 heteroatoms. The Kier molecular flexibility index (Phi) is 7.57. The molecule has 4 aromatic rings. The summed E-state index contributed by atoms with van der Waals surface area (Å²) < 4.78 is 5.51. The van der Waals surface area contributed by atoms with Gasteiger partial charge in [0.1, 0.15) is 0 Å². The number of carbonyl (C=O) groups excluding carboxylic acids is 4. The lowest BCUT2D eigenvalue weighted by Crippen LogP contribution is -2.53. The molecule has 6 atom stereocenters. The van der Waals surface area contributed by atoms with E-state index >= 15 is 4.79 Å². The molecule has 2 heterocycles. The van der Waals surface area contributed by atoms with Crippen molar-refractivity contribution in [2.75, 3.05) is 16.9 Å². The lowest BCUT2D eigenvalue weighted by Gasteiger charge is -2.50. The number of imide groups is 2. The van der Waals surface area contributed by atoms with Crippen molar-refractivity contribution in [2.45, 2.75) is 24.2 Å². The predicted molar refractivity (Wildman–Crippen MR) is 186 cm³/mol. The standard InChI is InChI=1S/C39H30ClN3O8/c1-51-31-12-6-11-28(34(31)44)33-26-17-18-27-32(37(47)41(35(27)45)23-13-15-24(16-14-23)43(49)50)29(26)20-30-36(46)42(25-10-5-9-22(40)19-25)38(48)39(30,33)21-7-3-2-4-8-21/h2-17,19,27,29-30,32-33,44H,18,20H2,1H3/t27-,29+,30-,32-,33+,39+/m0/s1. The molecule has 2 aliphatic heterocycles. The van der Waals surface area contributed by atoms with Gasteiger partial charge in [-0.05, 0) is 60.7 Å². The zero-order valence-electron chi connectivity index (χ0n) is 27.1. The van der Waals surface area contributed by atoms with Crippen LogP contribution < -0.4 is 14.5 Å². The maximum Gasteiger partial charge on any atom is 0.269 e. The van der Waals surface area contributed by atoms with Gasteiger partial charge in [-0.25, -0.2) is 4.90 Å². The van der Waals surface area contributed by atoms with Gasteiger partial charge in [0, 0.05) is 28.6 Å². The molecule has 4 aromatic carbocycles. The van der Waals surface area contributed by atoms with E-state index < -0.39 is 63.6 Å². The van der Waals surface area contributed by atoms with E-state index in [0.29, 0.717) is 27.4 Å². The number of benzene rings is 4. The molecule has 0 radical (unpaired) electrons. The van der Waals surface area contributed by atoms with Crippen LogP contribution in [0.5, 0.6) is 11.5 Å². The van der Waals surface area contributed by atoms with Gasteiger partial charge in [-0.15, -0.1) is 0 Å². The Morgan fingerprint density at radius 1 is 0.843 bits per heavy atom. The van der Waals surface area contributed by atoms with Gasteiger partial charge in [-0.2, -0.15) is 0 Å². The van der Waals surface area contributed by atoms with Gasteiger partial charge in [0.05, 0.1) is 46.6 Å². The number of methoxy groups -OCH3 is 1. The van der Waals surface area contributed by atoms with Crippen LogP contribution in [0.4, 0.5) is 17.1 Å². The number of phenolic OH excluding ortho intramolecular Hbond substituents is 1. The number of hydrogen-bond acceptors (Lipinski definition) is 8. The fourth-order valence-electron chi connectivity index (χ4n) is 9.00. The first-order valence-electron chi connectivity index (χ1n) is 16.5. The first-order valence-corrected chi connectivity index (χ1v) is 16.8. The second-order valence-corrected chi connectivity index (χ2v) is 13.7. The molecule has 0 spiro atoms. The Morgan fingerprint density at radius 2 is 1.57 bits per heavy atom. The summed E-state index contributed by atoms with van der Waals surface area (Å²) in [6, 6.07) is 25.7. The van der Waals surface area contributed by atoms with Crippen LogP contribution >= 0.6 is 11.6 Å². The number of nitrogens with zero attached hydrogens (tertiary/aromatic N) is 3. The van der Waals surface area contributed by atoms with Crippen molar-refractivity contribution in [1.29, 1.82) is 0 Å². The van der Waals surface area contributed by atoms with Gasteiger partial charge in [-0.1, -0.05) is 71.8 Å². The molecule has 4 aliphatic rings. The number of nitro benzene ring substituents is 1. The lowest BCUT2D eigenvalue weighted by molar-refractivity contribution is -0.384. The highest BCUT2D eigenvalue weighted by Gasteiger charge is 2.70. The van der Waals surface area contributed by atoms with Crippen LogP contribution in [0.25, 0.3) is 0 Å². The third-order valence-corrected chi connectivity index (χ3v) is 11.3. The van der Waals surface area contributed by atoms with Crippen LogP contribution in [0.15, 0.2) is 109 Å². The van der Waals surface area contributed by atoms with Crippen LogP contribution in [-0.2, 0) is 24.6 Å². The topological polar surface area (TPSA) is 147 Å². The monoisotopic (exact) mass is 703 g/mol. The first kappa shape index (κ1) is 32.4. The van der Waals surface area contributed by atoms with Gasteiger partial charge in [0.2, 0.25) is 23.6 Å². The number of fused-ring (bicyclic) bond motifs is 4. The second-order valence-electron chi connectivity index (χ2n) is 13.3. The van der Waals surface area contributed by atoms with Crippen molar-refractivity contribution in [1.82, 2.24) is 0 Å². The molecule has 8 rings (SSSR count). The van der Waals surface area contributed by atoms with Crippen LogP contribution in [0.3, 0.4) is 0 Å². The van der Waals surface area contributed by atoms with Crippen molar-refractivity contribution in [3.63, 3.8) is 0 Å². The fourth-order valence-corrected chi connectivity index (χ4v) is 9.19. The molecule has 1 N–H and O–H groups in total. The zero-order chi connectivity index (χ0) is 35.8. The van der Waals surface area contributed by atoms with Gasteiger partial charge in [0.15, 0.2) is 11.5 Å². The molecule has 2 saturated heterocycles. The SMILES string of the molecule is COc1cccc([C@H]2C3=CC[C@@H]4C(=O)N(c5ccc([N+](=O)[O-])cc5)C(=O)[C@@H]4[C@@H]3C[C@H]3C(=O)N(c4cccc(Cl)c4)C(=O)[C@@]23c2ccccc2)c1O. The molecule has 3 fully saturated rings. The molecule has 0 aromatic heterocycles. The minimum Gasteiger partial charge on any atom is -0.504 e. The number of rotatable bonds is 6. The van der Waals surface area contributed by atoms with E-state index in [2.05, 4.69) is 0 Å². The molecule has 0 unspecified atom stereocenters. The number of allylic oxidation sites excluding steroid dienone is 2. The Balaban J connectivity index is 1.34. The number of phenols is 1. The van der Waals surface area contributed by atoms with Gasteiger partial charge >= 0.3 is 0 Å². The number of nitro groups is 1. The fraction of sp³-hybridized carbons (Fsp3) is 0.231. The molecular formula is C39H30ClN3O8. The number of carbonyl (C=O) groups is 4. The Morgan fingerprint density at radius 3 is 2.25 bits per heavy atom. The zero-order valence-corrected chi connectivity index (χ0v) is 27.9. The summed E-state index contributed by atoms with van der Waals surface area (Å²) in [6.07, 6.45) is 2.12. The number of para-hydroxylation sites is 1. The van der Waals surface area contributed by atoms with E-state index in [1.807, 2.05) is 12.1 Å². The summed E-state index contributed by atoms with van der Waals surface area (Å²) in [7, 11) is 1.42. The normalized spacial score (nSPS) is 26.8. The van der Waals surface area contributed by atoms with Crippen LogP contribution in [0.2, 0.25) is 5.02 Å². The molecule has 1 saturated carbocycles. The molecule has 2 aliphatic carbocycles. The third-order valence-electron chi connectivity index (χ3n) is 11.0. The van der Waals surface area contributed by atoms with E-state index in [1.54, 1.807) is 66.7 Å². The van der Waals surface area contributed by atoms with Crippen LogP contribution in [0.1, 0.15) is 29.9 Å². The van der Waals surface area contributed by atoms with Crippen molar-refractivity contribution in [2.24, 2.45) is 23.7 Å². The average molecular weight is 704 g/mol. The summed E-state index contributed by atoms with van der Waals surface area (Å²) in [4.78, 5) is 71.6. The van der Waals surface area contributed by atoms with E-state index in [9.17, 15) is 29.6 Å². The maximum atomic E-state index is 15.3. The highest BCUT2D eigenvalue weighted by Crippen LogP contribution is 2.65. The molecule has 11 nitrogen and oxygen atoms in total. The molecule has 4 amide bonds. The smallest absolute Gasteiger partial charge is 0.269 e. The van der Waals surface area contributed by atoms with Gasteiger partial charge in [-0.3, -0.25) is 34.2 Å². The average Bonchev–Trinajstić information content (AvgIpc) is 3.53. The van der Waals surface area contributed by atoms with E-state index in [0.717, 1.165) is 9.80 Å². The Hall–Kier alpha value is -5.81. The van der Waals surface area contributed by atoms with Crippen LogP contribution in [-0.4, -0.2) is 40.8 Å². The number of hydrogen-bond donors (Lipinski definition) is 1. The highest BCUT2D eigenvalue weighted by atomic mass is 35.5. The van der Waals surface area contributed by atoms with Gasteiger partial charge < -0.3 is 9.84 Å². The quantitative estimate of drug-likeness (QED) is 0.106. The van der Waals surface area contributed by atoms with E-state index in [-0.39, 0.29) is 35.7 Å². The summed E-state index contributed by atoms with van der Waals surface area (Å²) in [5.74, 6) is -6.23. The predicted octanol–water partition coefficient (Wildman–Crippen LogP) is 6.33. The second kappa shape index (κ2) is 11.9. The molecule has 0 bridgehead atoms. The van der Waals surface area contributed by atoms with Crippen molar-refractivity contribution in [3.05, 3.63) is 135 Å². The van der Waals surface area contributed by atoms with Crippen molar-refractivity contribution >= 4 is 52.3 Å². The minimum absolute atomic E-state index is 0.0673. The number of anilines is 2. The number of non-ortho nitro benzene ring substituents is 1. The number of aromatic hydroxyl groups is 1. The van der Waals surface area contributed by atoms with Crippen molar-refractivity contribution in [3.8, 4) is 11.5 Å². The Bertz CT molecular complexity index is 2190. The third kappa shape index (κ3) is 4.57. The maximum absolute atomic E-state index is 15.3. The Labute approximate surface area is 296 Å². The number of ether oxygens (including phenoxy) is 1. The summed E-state index contributed by atoms with van der Waals surface area (Å²) in [5, 5.41) is 23.4. The summed E-state index contributed by atoms with van der Waals surface area (Å²) >= 11 is 6.37. The molecular weight excluding hydrogens is 674 g/mol.